The van der Waals surface area contributed by atoms with Gasteiger partial charge in [-0.05, 0) is 66.7 Å². The highest BCUT2D eigenvalue weighted by Crippen LogP contribution is 2.35. The van der Waals surface area contributed by atoms with Gasteiger partial charge in [0, 0.05) is 42.5 Å². The Bertz CT molecular complexity index is 1450. The van der Waals surface area contributed by atoms with Crippen LogP contribution in [0.2, 0.25) is 5.02 Å². The lowest BCUT2D eigenvalue weighted by molar-refractivity contribution is 0.525. The van der Waals surface area contributed by atoms with E-state index >= 15 is 0 Å². The zero-order chi connectivity index (χ0) is 24.6. The van der Waals surface area contributed by atoms with Crippen molar-refractivity contribution in [2.45, 2.75) is 9.92 Å². The van der Waals surface area contributed by atoms with E-state index in [1.54, 1.807) is 6.07 Å². The number of oxazole rings is 1. The molecule has 35 heavy (non-hydrogen) atoms. The van der Waals surface area contributed by atoms with E-state index in [0.29, 0.717) is 36.8 Å². The summed E-state index contributed by atoms with van der Waals surface area (Å²) in [5.41, 5.74) is 1.41. The molecule has 10 heteroatoms. The van der Waals surface area contributed by atoms with Crippen molar-refractivity contribution < 1.29 is 21.6 Å². The largest absolute Gasteiger partial charge is 0.419 e. The van der Waals surface area contributed by atoms with Crippen LogP contribution in [0, 0.1) is 11.6 Å². The van der Waals surface area contributed by atoms with Crippen LogP contribution in [-0.2, 0) is 9.84 Å². The van der Waals surface area contributed by atoms with Crippen molar-refractivity contribution in [3.63, 3.8) is 0 Å². The third-order valence-electron chi connectivity index (χ3n) is 5.79. The van der Waals surface area contributed by atoms with Gasteiger partial charge in [-0.15, -0.1) is 0 Å². The first-order valence-corrected chi connectivity index (χ1v) is 12.7. The van der Waals surface area contributed by atoms with Crippen molar-refractivity contribution in [2.24, 2.45) is 0 Å². The van der Waals surface area contributed by atoms with Crippen molar-refractivity contribution in [1.82, 2.24) is 4.98 Å². The van der Waals surface area contributed by atoms with E-state index < -0.39 is 21.5 Å². The van der Waals surface area contributed by atoms with Crippen LogP contribution >= 0.6 is 11.6 Å². The lowest BCUT2D eigenvalue weighted by Crippen LogP contribution is -2.46. The molecule has 5 rings (SSSR count). The Morgan fingerprint density at radius 2 is 1.43 bits per heavy atom. The van der Waals surface area contributed by atoms with Crippen LogP contribution < -0.4 is 9.80 Å². The lowest BCUT2D eigenvalue weighted by atomic mass is 10.2. The maximum atomic E-state index is 13.5. The number of sulfone groups is 1. The minimum atomic E-state index is -4.12. The molecule has 0 atom stereocenters. The van der Waals surface area contributed by atoms with E-state index in [1.165, 1.54) is 36.4 Å². The second-order valence-electron chi connectivity index (χ2n) is 8.05. The number of aromatic nitrogens is 1. The lowest BCUT2D eigenvalue weighted by Gasteiger charge is -2.36. The summed E-state index contributed by atoms with van der Waals surface area (Å²) in [6, 6.07) is 17.5. The molecular weight excluding hydrogens is 496 g/mol. The Morgan fingerprint density at radius 1 is 0.829 bits per heavy atom. The molecule has 2 heterocycles. The van der Waals surface area contributed by atoms with Crippen LogP contribution in [0.5, 0.6) is 0 Å². The summed E-state index contributed by atoms with van der Waals surface area (Å²) in [5.74, 6) is -0.831. The zero-order valence-electron chi connectivity index (χ0n) is 18.4. The maximum absolute atomic E-state index is 13.5. The van der Waals surface area contributed by atoms with Crippen molar-refractivity contribution >= 4 is 33.0 Å². The molecule has 1 aliphatic heterocycles. The number of rotatable bonds is 5. The average molecular weight is 516 g/mol. The van der Waals surface area contributed by atoms with Gasteiger partial charge in [0.1, 0.15) is 11.6 Å². The van der Waals surface area contributed by atoms with E-state index in [4.69, 9.17) is 16.0 Å². The van der Waals surface area contributed by atoms with Crippen LogP contribution in [0.3, 0.4) is 0 Å². The zero-order valence-corrected chi connectivity index (χ0v) is 19.9. The van der Waals surface area contributed by atoms with Gasteiger partial charge in [0.15, 0.2) is 0 Å². The Balaban J connectivity index is 1.51. The van der Waals surface area contributed by atoms with Gasteiger partial charge in [-0.3, -0.25) is 0 Å². The predicted molar refractivity (Wildman–Crippen MR) is 130 cm³/mol. The number of hydrogen-bond acceptors (Lipinski definition) is 6. The summed E-state index contributed by atoms with van der Waals surface area (Å²) >= 11 is 6.12. The molecule has 4 aromatic rings. The fraction of sp³-hybridized carbons (Fsp3) is 0.160. The molecule has 0 N–H and O–H groups in total. The maximum Gasteiger partial charge on any atom is 0.236 e. The molecule has 0 bridgehead atoms. The SMILES string of the molecule is O=S(=O)(c1ccc(F)cc1)c1nc(-c2ccc(F)cc2)oc1N1CCN(c2cccc(Cl)c2)CC1. The van der Waals surface area contributed by atoms with Crippen molar-refractivity contribution in [3.8, 4) is 11.5 Å². The third-order valence-corrected chi connectivity index (χ3v) is 7.69. The highest BCUT2D eigenvalue weighted by Gasteiger charge is 2.33. The summed E-state index contributed by atoms with van der Waals surface area (Å²) in [7, 11) is -4.12. The Morgan fingerprint density at radius 3 is 2.06 bits per heavy atom. The number of anilines is 2. The molecule has 1 fully saturated rings. The second-order valence-corrected chi connectivity index (χ2v) is 10.3. The molecule has 0 unspecified atom stereocenters. The fourth-order valence-corrected chi connectivity index (χ4v) is 5.46. The molecule has 1 aromatic heterocycles. The average Bonchev–Trinajstić information content (AvgIpc) is 3.31. The van der Waals surface area contributed by atoms with Crippen molar-refractivity contribution in [2.75, 3.05) is 36.0 Å². The van der Waals surface area contributed by atoms with Gasteiger partial charge in [0.25, 0.3) is 0 Å². The first-order valence-electron chi connectivity index (χ1n) is 10.8. The minimum Gasteiger partial charge on any atom is -0.419 e. The Labute approximate surface area is 206 Å². The van der Waals surface area contributed by atoms with Gasteiger partial charge in [-0.25, -0.2) is 17.2 Å². The van der Waals surface area contributed by atoms with E-state index in [0.717, 1.165) is 17.8 Å². The standard InChI is InChI=1S/C25H20ClF2N3O3S/c26-18-2-1-3-21(16-18)30-12-14-31(15-13-30)25-24(35(32,33)22-10-8-20(28)9-11-22)29-23(34-25)17-4-6-19(27)7-5-17/h1-11,16H,12-15H2. The number of piperazine rings is 1. The number of halogens is 3. The quantitative estimate of drug-likeness (QED) is 0.330. The highest BCUT2D eigenvalue weighted by molar-refractivity contribution is 7.91. The molecule has 0 aliphatic carbocycles. The molecule has 0 radical (unpaired) electrons. The first-order chi connectivity index (χ1) is 16.8. The van der Waals surface area contributed by atoms with Crippen LogP contribution in [-0.4, -0.2) is 39.6 Å². The van der Waals surface area contributed by atoms with E-state index in [2.05, 4.69) is 9.88 Å². The first kappa shape index (κ1) is 23.3. The van der Waals surface area contributed by atoms with E-state index in [-0.39, 0.29) is 21.7 Å². The number of hydrogen-bond donors (Lipinski definition) is 0. The topological polar surface area (TPSA) is 66.7 Å². The fourth-order valence-electron chi connectivity index (χ4n) is 3.95. The summed E-state index contributed by atoms with van der Waals surface area (Å²) in [6.07, 6.45) is 0. The van der Waals surface area contributed by atoms with Gasteiger partial charge in [-0.1, -0.05) is 17.7 Å². The summed E-state index contributed by atoms with van der Waals surface area (Å²) in [4.78, 5) is 8.16. The minimum absolute atomic E-state index is 0.0537. The molecule has 3 aromatic carbocycles. The van der Waals surface area contributed by atoms with Gasteiger partial charge in [0.2, 0.25) is 26.6 Å². The molecule has 6 nitrogen and oxygen atoms in total. The van der Waals surface area contributed by atoms with Crippen LogP contribution in [0.25, 0.3) is 11.5 Å². The van der Waals surface area contributed by atoms with Gasteiger partial charge in [-0.2, -0.15) is 4.98 Å². The smallest absolute Gasteiger partial charge is 0.236 e. The monoisotopic (exact) mass is 515 g/mol. The number of benzene rings is 3. The van der Waals surface area contributed by atoms with Gasteiger partial charge < -0.3 is 14.2 Å². The molecule has 1 saturated heterocycles. The molecule has 0 spiro atoms. The van der Waals surface area contributed by atoms with Crippen LogP contribution in [0.1, 0.15) is 0 Å². The van der Waals surface area contributed by atoms with E-state index in [1.807, 2.05) is 23.1 Å². The second kappa shape index (κ2) is 9.31. The molecule has 0 amide bonds. The van der Waals surface area contributed by atoms with Crippen LogP contribution in [0.4, 0.5) is 20.4 Å². The highest BCUT2D eigenvalue weighted by atomic mass is 35.5. The molecule has 1 aliphatic rings. The molecule has 0 saturated carbocycles. The summed E-state index contributed by atoms with van der Waals surface area (Å²) in [6.45, 7) is 2.14. The van der Waals surface area contributed by atoms with Gasteiger partial charge >= 0.3 is 0 Å². The van der Waals surface area contributed by atoms with Crippen LogP contribution in [0.15, 0.2) is 87.1 Å². The number of nitrogens with zero attached hydrogens (tertiary/aromatic N) is 3. The Kier molecular flexibility index (Phi) is 6.21. The summed E-state index contributed by atoms with van der Waals surface area (Å²) in [5, 5.41) is 0.372. The van der Waals surface area contributed by atoms with Crippen molar-refractivity contribution in [1.29, 1.82) is 0 Å². The third kappa shape index (κ3) is 4.74. The molecule has 180 valence electrons. The molecular formula is C25H20ClF2N3O3S. The van der Waals surface area contributed by atoms with Gasteiger partial charge in [0.05, 0.1) is 4.90 Å². The summed E-state index contributed by atoms with van der Waals surface area (Å²) < 4.78 is 59.8. The normalized spacial score (nSPS) is 14.4. The van der Waals surface area contributed by atoms with Crippen molar-refractivity contribution in [3.05, 3.63) is 89.5 Å². The predicted octanol–water partition coefficient (Wildman–Crippen LogP) is 5.43. The Hall–Kier alpha value is -3.43. The van der Waals surface area contributed by atoms with E-state index in [9.17, 15) is 17.2 Å².